The average molecular weight is 654 g/mol. The highest BCUT2D eigenvalue weighted by Gasteiger charge is 2.61. The lowest BCUT2D eigenvalue weighted by Gasteiger charge is -2.30. The number of fused-ring (bicyclic) bond motifs is 4. The Morgan fingerprint density at radius 3 is 2.40 bits per heavy atom. The zero-order valence-electron chi connectivity index (χ0n) is 27.1. The maximum Gasteiger partial charge on any atom is 0.410 e. The number of amides is 3. The quantitative estimate of drug-likeness (QED) is 0.450. The number of allylic oxidation sites excluding steroid dienone is 2. The SMILES string of the molecule is CC(C)(C)OC(=O)N[C@H]1CCCCC/C=C\[C@@H]2C[C@@]2(C(=O)O)CC(=O)[C@@H]2C[C@@H](OC(=O)N3Cc4cc5c(cc4C3)OCO5)CN2C1=O. The van der Waals surface area contributed by atoms with Gasteiger partial charge in [-0.3, -0.25) is 19.3 Å². The van der Waals surface area contributed by atoms with Crippen LogP contribution in [0.1, 0.15) is 83.3 Å². The van der Waals surface area contributed by atoms with Gasteiger partial charge in [-0.25, -0.2) is 9.59 Å². The first-order chi connectivity index (χ1) is 22.3. The number of benzene rings is 1. The van der Waals surface area contributed by atoms with E-state index in [1.807, 2.05) is 24.3 Å². The molecule has 3 amide bonds. The van der Waals surface area contributed by atoms with E-state index in [2.05, 4.69) is 5.32 Å². The third-order valence-electron chi connectivity index (χ3n) is 9.63. The number of Topliss-reactive ketones (excluding diaryl/α,β-unsaturated/α-hetero) is 1. The van der Waals surface area contributed by atoms with Gasteiger partial charge in [0, 0.05) is 25.9 Å². The van der Waals surface area contributed by atoms with Crippen LogP contribution in [0.3, 0.4) is 0 Å². The maximum atomic E-state index is 14.2. The predicted octanol–water partition coefficient (Wildman–Crippen LogP) is 4.30. The molecule has 1 aromatic carbocycles. The maximum absolute atomic E-state index is 14.2. The van der Waals surface area contributed by atoms with E-state index in [1.165, 1.54) is 9.80 Å². The first-order valence-corrected chi connectivity index (χ1v) is 16.4. The predicted molar refractivity (Wildman–Crippen MR) is 165 cm³/mol. The summed E-state index contributed by atoms with van der Waals surface area (Å²) >= 11 is 0. The fraction of sp³-hybridized carbons (Fsp3) is 0.618. The summed E-state index contributed by atoms with van der Waals surface area (Å²) in [6.45, 7) is 5.88. The molecular weight excluding hydrogens is 610 g/mol. The number of nitrogens with zero attached hydrogens (tertiary/aromatic N) is 2. The zero-order chi connectivity index (χ0) is 33.5. The second-order valence-electron chi connectivity index (χ2n) is 14.3. The molecule has 1 saturated carbocycles. The summed E-state index contributed by atoms with van der Waals surface area (Å²) < 4.78 is 22.3. The molecule has 0 bridgehead atoms. The topological polar surface area (TPSA) is 161 Å². The molecule has 0 radical (unpaired) electrons. The Bertz CT molecular complexity index is 1450. The fourth-order valence-corrected chi connectivity index (χ4v) is 7.06. The number of carboxylic acid groups (broad SMARTS) is 1. The first-order valence-electron chi connectivity index (χ1n) is 16.4. The van der Waals surface area contributed by atoms with Crippen LogP contribution in [0.5, 0.6) is 11.5 Å². The summed E-state index contributed by atoms with van der Waals surface area (Å²) in [4.78, 5) is 69.5. The molecule has 13 heteroatoms. The normalized spacial score (nSPS) is 29.5. The summed E-state index contributed by atoms with van der Waals surface area (Å²) in [6, 6.07) is 1.72. The number of ether oxygens (including phenoxy) is 4. The summed E-state index contributed by atoms with van der Waals surface area (Å²) in [5.74, 6) is -0.936. The minimum absolute atomic E-state index is 0.0302. The third-order valence-corrected chi connectivity index (χ3v) is 9.63. The van der Waals surface area contributed by atoms with Crippen molar-refractivity contribution in [3.05, 3.63) is 35.4 Å². The van der Waals surface area contributed by atoms with Crippen molar-refractivity contribution in [3.8, 4) is 11.5 Å². The molecular formula is C34H43N3O10. The minimum Gasteiger partial charge on any atom is -0.481 e. The fourth-order valence-electron chi connectivity index (χ4n) is 7.06. The molecule has 1 saturated heterocycles. The van der Waals surface area contributed by atoms with Gasteiger partial charge in [0.2, 0.25) is 12.7 Å². The van der Waals surface area contributed by atoms with Crippen LogP contribution in [0.2, 0.25) is 0 Å². The number of aliphatic carboxylic acids is 1. The van der Waals surface area contributed by atoms with E-state index in [9.17, 15) is 29.1 Å². The van der Waals surface area contributed by atoms with Gasteiger partial charge in [-0.05, 0) is 75.6 Å². The van der Waals surface area contributed by atoms with Gasteiger partial charge in [-0.2, -0.15) is 0 Å². The molecule has 0 unspecified atom stereocenters. The standard InChI is InChI=1S/C34H43N3O10/c1-33(2,3)47-31(42)35-24-10-8-6-4-5-7-9-22-14-34(22,30(40)41)15-26(38)25-13-23(18-37(25)29(24)39)46-32(43)36-16-20-11-27-28(45-19-44-27)12-21(20)17-36/h7,9,11-12,22-25H,4-6,8,10,13-19H2,1-3H3,(H,35,42)(H,40,41)/b9-7-/t22-,23-,24+,25+,34-/m1/s1. The Hall–Kier alpha value is -4.29. The van der Waals surface area contributed by atoms with Crippen LogP contribution in [0.15, 0.2) is 24.3 Å². The van der Waals surface area contributed by atoms with Crippen LogP contribution in [0.25, 0.3) is 0 Å². The molecule has 254 valence electrons. The van der Waals surface area contributed by atoms with Gasteiger partial charge in [-0.15, -0.1) is 0 Å². The van der Waals surface area contributed by atoms with Gasteiger partial charge >= 0.3 is 18.2 Å². The molecule has 4 heterocycles. The zero-order valence-corrected chi connectivity index (χ0v) is 27.1. The summed E-state index contributed by atoms with van der Waals surface area (Å²) in [5.41, 5.74) is -0.177. The van der Waals surface area contributed by atoms with Crippen molar-refractivity contribution in [2.75, 3.05) is 13.3 Å². The number of carbonyl (C=O) groups excluding carboxylic acids is 4. The second kappa shape index (κ2) is 12.7. The Morgan fingerprint density at radius 2 is 1.74 bits per heavy atom. The summed E-state index contributed by atoms with van der Waals surface area (Å²) in [5, 5.41) is 12.8. The molecule has 4 aliphatic heterocycles. The van der Waals surface area contributed by atoms with Gasteiger partial charge in [0.05, 0.1) is 18.0 Å². The van der Waals surface area contributed by atoms with Crippen molar-refractivity contribution >= 4 is 29.8 Å². The van der Waals surface area contributed by atoms with Crippen LogP contribution in [-0.2, 0) is 36.9 Å². The van der Waals surface area contributed by atoms with E-state index in [1.54, 1.807) is 20.8 Å². The van der Waals surface area contributed by atoms with E-state index < -0.39 is 59.0 Å². The molecule has 0 aromatic heterocycles. The Kier molecular flexibility index (Phi) is 8.84. The van der Waals surface area contributed by atoms with E-state index in [0.29, 0.717) is 43.9 Å². The summed E-state index contributed by atoms with van der Waals surface area (Å²) in [7, 11) is 0. The largest absolute Gasteiger partial charge is 0.481 e. The van der Waals surface area contributed by atoms with Crippen molar-refractivity contribution in [2.45, 2.75) is 109 Å². The third kappa shape index (κ3) is 7.03. The lowest BCUT2D eigenvalue weighted by atomic mass is 9.92. The smallest absolute Gasteiger partial charge is 0.410 e. The first kappa shape index (κ1) is 32.6. The van der Waals surface area contributed by atoms with Crippen LogP contribution in [0, 0.1) is 11.3 Å². The number of hydrogen-bond acceptors (Lipinski definition) is 9. The van der Waals surface area contributed by atoms with Gasteiger partial charge < -0.3 is 34.3 Å². The number of hydrogen-bond donors (Lipinski definition) is 2. The number of rotatable bonds is 3. The Labute approximate surface area is 273 Å². The highest BCUT2D eigenvalue weighted by Crippen LogP contribution is 2.57. The van der Waals surface area contributed by atoms with Crippen LogP contribution < -0.4 is 14.8 Å². The Morgan fingerprint density at radius 1 is 1.04 bits per heavy atom. The van der Waals surface area contributed by atoms with Gasteiger partial charge in [0.1, 0.15) is 17.7 Å². The second-order valence-corrected chi connectivity index (χ2v) is 14.3. The number of nitrogens with one attached hydrogen (secondary N) is 1. The van der Waals surface area contributed by atoms with Crippen molar-refractivity contribution in [1.29, 1.82) is 0 Å². The molecule has 47 heavy (non-hydrogen) atoms. The molecule has 1 aromatic rings. The molecule has 0 spiro atoms. The van der Waals surface area contributed by atoms with Crippen molar-refractivity contribution in [3.63, 3.8) is 0 Å². The monoisotopic (exact) mass is 653 g/mol. The molecule has 5 aliphatic rings. The lowest BCUT2D eigenvalue weighted by Crippen LogP contribution is -2.52. The molecule has 13 nitrogen and oxygen atoms in total. The van der Waals surface area contributed by atoms with Crippen LogP contribution >= 0.6 is 0 Å². The summed E-state index contributed by atoms with van der Waals surface area (Å²) in [6.07, 6.45) is 5.22. The Balaban J connectivity index is 1.21. The van der Waals surface area contributed by atoms with Gasteiger partial charge in [0.25, 0.3) is 0 Å². The molecule has 5 atom stereocenters. The molecule has 6 rings (SSSR count). The van der Waals surface area contributed by atoms with Gasteiger partial charge in [0.15, 0.2) is 17.3 Å². The molecule has 2 N–H and O–H groups in total. The molecule has 1 aliphatic carbocycles. The van der Waals surface area contributed by atoms with Crippen molar-refractivity contribution in [2.24, 2.45) is 11.3 Å². The number of carbonyl (C=O) groups is 5. The van der Waals surface area contributed by atoms with Gasteiger partial charge in [-0.1, -0.05) is 25.0 Å². The van der Waals surface area contributed by atoms with Crippen LogP contribution in [-0.4, -0.2) is 81.9 Å². The number of ketones is 1. The highest BCUT2D eigenvalue weighted by molar-refractivity contribution is 5.96. The highest BCUT2D eigenvalue weighted by atomic mass is 16.7. The van der Waals surface area contributed by atoms with E-state index in [4.69, 9.17) is 18.9 Å². The van der Waals surface area contributed by atoms with E-state index in [-0.39, 0.29) is 32.1 Å². The van der Waals surface area contributed by atoms with E-state index >= 15 is 0 Å². The minimum atomic E-state index is -1.22. The number of carboxylic acids is 1. The van der Waals surface area contributed by atoms with E-state index in [0.717, 1.165) is 30.4 Å². The van der Waals surface area contributed by atoms with Crippen molar-refractivity contribution in [1.82, 2.24) is 15.1 Å². The number of alkyl carbamates (subject to hydrolysis) is 1. The lowest BCUT2D eigenvalue weighted by molar-refractivity contribution is -0.147. The van der Waals surface area contributed by atoms with Crippen molar-refractivity contribution < 1.29 is 48.0 Å². The molecule has 2 fully saturated rings. The average Bonchev–Trinajstić information content (AvgIpc) is 3.35. The van der Waals surface area contributed by atoms with Crippen LogP contribution in [0.4, 0.5) is 9.59 Å².